The largest absolute Gasteiger partial charge is 0.374 e. The molecule has 0 aliphatic carbocycles. The van der Waals surface area contributed by atoms with Crippen molar-refractivity contribution in [3.05, 3.63) is 21.4 Å². The maximum atomic E-state index is 12.2. The van der Waals surface area contributed by atoms with Crippen molar-refractivity contribution in [3.8, 4) is 0 Å². The van der Waals surface area contributed by atoms with Gasteiger partial charge in [-0.3, -0.25) is 4.79 Å². The number of nitrogens with one attached hydrogen (secondary N) is 1. The molecule has 1 amide bonds. The first-order valence-corrected chi connectivity index (χ1v) is 7.44. The molecule has 4 nitrogen and oxygen atoms in total. The highest BCUT2D eigenvalue weighted by molar-refractivity contribution is 14.1. The number of amides is 1. The summed E-state index contributed by atoms with van der Waals surface area (Å²) in [6, 6.07) is 0.00982. The number of likely N-dealkylation sites (tertiary alicyclic amines) is 1. The smallest absolute Gasteiger partial charge is 0.240 e. The van der Waals surface area contributed by atoms with E-state index in [-0.39, 0.29) is 17.9 Å². The number of fused-ring (bicyclic) bond motifs is 1. The molecule has 0 aromatic rings. The van der Waals surface area contributed by atoms with E-state index in [2.05, 4.69) is 40.1 Å². The van der Waals surface area contributed by atoms with Crippen molar-refractivity contribution < 1.29 is 4.79 Å². The molecule has 0 aromatic heterocycles. The molecule has 3 N–H and O–H groups in total. The number of nitrogens with two attached hydrogens (primary N) is 1. The molecule has 1 unspecified atom stereocenters. The highest BCUT2D eigenvalue weighted by atomic mass is 127. The van der Waals surface area contributed by atoms with E-state index < -0.39 is 0 Å². The average Bonchev–Trinajstić information content (AvgIpc) is 2.36. The van der Waals surface area contributed by atoms with Gasteiger partial charge in [-0.15, -0.1) is 0 Å². The Morgan fingerprint density at radius 3 is 2.94 bits per heavy atom. The first kappa shape index (κ1) is 13.9. The summed E-state index contributed by atoms with van der Waals surface area (Å²) in [5.74, 6) is 0.267. The van der Waals surface area contributed by atoms with Crippen LogP contribution in [0.25, 0.3) is 0 Å². The third-order valence-corrected chi connectivity index (χ3v) is 4.25. The molecule has 5 heteroatoms. The molecule has 0 spiro atoms. The molecule has 18 heavy (non-hydrogen) atoms. The summed E-state index contributed by atoms with van der Waals surface area (Å²) < 4.78 is 1.17. The Morgan fingerprint density at radius 2 is 2.28 bits per heavy atom. The predicted molar refractivity (Wildman–Crippen MR) is 81.1 cm³/mol. The van der Waals surface area contributed by atoms with Gasteiger partial charge in [0, 0.05) is 13.1 Å². The van der Waals surface area contributed by atoms with Crippen molar-refractivity contribution in [2.24, 2.45) is 11.7 Å². The molecule has 0 saturated carbocycles. The van der Waals surface area contributed by atoms with Crippen LogP contribution in [0.15, 0.2) is 21.4 Å². The lowest BCUT2D eigenvalue weighted by Crippen LogP contribution is -2.52. The number of hydrogen-bond donors (Lipinski definition) is 2. The Morgan fingerprint density at radius 1 is 1.56 bits per heavy atom. The van der Waals surface area contributed by atoms with Gasteiger partial charge in [-0.25, -0.2) is 0 Å². The van der Waals surface area contributed by atoms with Gasteiger partial charge in [-0.05, 0) is 46.6 Å². The van der Waals surface area contributed by atoms with Gasteiger partial charge < -0.3 is 16.0 Å². The number of allylic oxidation sites excluding steroid dienone is 2. The number of halogens is 1. The van der Waals surface area contributed by atoms with Crippen LogP contribution in [0.5, 0.6) is 0 Å². The van der Waals surface area contributed by atoms with Gasteiger partial charge in [0.2, 0.25) is 5.91 Å². The molecular formula is C13H20IN3O. The Hall–Kier alpha value is -0.560. The zero-order valence-electron chi connectivity index (χ0n) is 10.8. The van der Waals surface area contributed by atoms with Crippen LogP contribution >= 0.6 is 22.6 Å². The number of carbonyl (C=O) groups is 1. The highest BCUT2D eigenvalue weighted by Crippen LogP contribution is 2.23. The fourth-order valence-electron chi connectivity index (χ4n) is 2.29. The van der Waals surface area contributed by atoms with Crippen LogP contribution in [0, 0.1) is 5.92 Å². The Kier molecular flexibility index (Phi) is 4.32. The minimum atomic E-state index is -0.380. The second-order valence-corrected chi connectivity index (χ2v) is 6.43. The summed E-state index contributed by atoms with van der Waals surface area (Å²) in [6.07, 6.45) is 5.15. The zero-order chi connectivity index (χ0) is 13.3. The van der Waals surface area contributed by atoms with Crippen molar-refractivity contribution in [2.75, 3.05) is 13.1 Å². The van der Waals surface area contributed by atoms with Gasteiger partial charge in [0.25, 0.3) is 0 Å². The minimum Gasteiger partial charge on any atom is -0.374 e. The van der Waals surface area contributed by atoms with Crippen molar-refractivity contribution in [1.29, 1.82) is 0 Å². The van der Waals surface area contributed by atoms with Crippen LogP contribution in [-0.2, 0) is 4.79 Å². The summed E-state index contributed by atoms with van der Waals surface area (Å²) in [5.41, 5.74) is 7.22. The summed E-state index contributed by atoms with van der Waals surface area (Å²) in [6.45, 7) is 5.47. The van der Waals surface area contributed by atoms with Crippen LogP contribution in [-0.4, -0.2) is 36.0 Å². The average molecular weight is 361 g/mol. The molecule has 2 aliphatic rings. The van der Waals surface area contributed by atoms with Gasteiger partial charge in [-0.1, -0.05) is 19.9 Å². The summed E-state index contributed by atoms with van der Waals surface area (Å²) in [7, 11) is 0. The zero-order valence-corrected chi connectivity index (χ0v) is 13.0. The Bertz CT molecular complexity index is 403. The van der Waals surface area contributed by atoms with Gasteiger partial charge >= 0.3 is 0 Å². The van der Waals surface area contributed by atoms with Crippen LogP contribution < -0.4 is 11.1 Å². The number of rotatable bonds is 2. The number of dihydropyridines is 1. The van der Waals surface area contributed by atoms with E-state index in [0.717, 1.165) is 13.0 Å². The van der Waals surface area contributed by atoms with Crippen LogP contribution in [0.2, 0.25) is 0 Å². The van der Waals surface area contributed by atoms with Crippen LogP contribution in [0.4, 0.5) is 0 Å². The second-order valence-electron chi connectivity index (χ2n) is 5.27. The number of carbonyl (C=O) groups excluding carboxylic acids is 1. The fourth-order valence-corrected chi connectivity index (χ4v) is 2.85. The fraction of sp³-hybridized carbons (Fsp3) is 0.615. The number of piperidine rings is 1. The first-order chi connectivity index (χ1) is 8.49. The van der Waals surface area contributed by atoms with Gasteiger partial charge in [0.1, 0.15) is 0 Å². The number of hydrogen-bond acceptors (Lipinski definition) is 3. The molecule has 2 rings (SSSR count). The van der Waals surface area contributed by atoms with E-state index in [1.54, 1.807) is 0 Å². The molecule has 2 heterocycles. The van der Waals surface area contributed by atoms with E-state index in [4.69, 9.17) is 5.73 Å². The lowest BCUT2D eigenvalue weighted by Gasteiger charge is -2.38. The lowest BCUT2D eigenvalue weighted by atomic mass is 9.95. The molecule has 2 aliphatic heterocycles. The number of nitrogens with zero attached hydrogens (tertiary/aromatic N) is 1. The molecular weight excluding hydrogens is 341 g/mol. The molecule has 1 saturated heterocycles. The van der Waals surface area contributed by atoms with Crippen LogP contribution in [0.1, 0.15) is 20.3 Å². The van der Waals surface area contributed by atoms with E-state index in [1.807, 2.05) is 18.7 Å². The van der Waals surface area contributed by atoms with E-state index in [0.29, 0.717) is 12.6 Å². The molecule has 0 aromatic carbocycles. The SMILES string of the molecule is CC(C)[C@H](N)C(=O)N1CCC2NC(I)=CC=C2C1. The highest BCUT2D eigenvalue weighted by Gasteiger charge is 2.31. The maximum absolute atomic E-state index is 12.2. The predicted octanol–water partition coefficient (Wildman–Crippen LogP) is 1.38. The monoisotopic (exact) mass is 361 g/mol. The first-order valence-electron chi connectivity index (χ1n) is 6.36. The maximum Gasteiger partial charge on any atom is 0.240 e. The quantitative estimate of drug-likeness (QED) is 0.577. The van der Waals surface area contributed by atoms with Crippen molar-refractivity contribution in [3.63, 3.8) is 0 Å². The minimum absolute atomic E-state index is 0.0774. The molecule has 0 bridgehead atoms. The van der Waals surface area contributed by atoms with Crippen molar-refractivity contribution in [1.82, 2.24) is 10.2 Å². The van der Waals surface area contributed by atoms with Gasteiger partial charge in [-0.2, -0.15) is 0 Å². The van der Waals surface area contributed by atoms with Gasteiger partial charge in [0.15, 0.2) is 0 Å². The normalized spacial score (nSPS) is 24.9. The second kappa shape index (κ2) is 5.61. The third kappa shape index (κ3) is 2.88. The lowest BCUT2D eigenvalue weighted by molar-refractivity contribution is -0.133. The molecule has 100 valence electrons. The van der Waals surface area contributed by atoms with Crippen molar-refractivity contribution >= 4 is 28.5 Å². The molecule has 0 radical (unpaired) electrons. The van der Waals surface area contributed by atoms with Crippen LogP contribution in [0.3, 0.4) is 0 Å². The van der Waals surface area contributed by atoms with E-state index in [9.17, 15) is 4.79 Å². The summed E-state index contributed by atoms with van der Waals surface area (Å²) >= 11 is 2.29. The van der Waals surface area contributed by atoms with Crippen molar-refractivity contribution in [2.45, 2.75) is 32.4 Å². The van der Waals surface area contributed by atoms with Gasteiger partial charge in [0.05, 0.1) is 15.8 Å². The standard InChI is InChI=1S/C13H20IN3O/c1-8(2)12(15)13(18)17-6-5-10-9(7-17)3-4-11(14)16-10/h3-4,8,10,12,16H,5-7,15H2,1-2H3/t10?,12-/m0/s1. The molecule has 2 atom stereocenters. The van der Waals surface area contributed by atoms with E-state index >= 15 is 0 Å². The van der Waals surface area contributed by atoms with E-state index in [1.165, 1.54) is 9.28 Å². The summed E-state index contributed by atoms with van der Waals surface area (Å²) in [5, 5.41) is 3.44. The Labute approximate surface area is 122 Å². The third-order valence-electron chi connectivity index (χ3n) is 3.58. The topological polar surface area (TPSA) is 58.4 Å². The molecule has 1 fully saturated rings. The Balaban J connectivity index is 2.04. The summed E-state index contributed by atoms with van der Waals surface area (Å²) in [4.78, 5) is 14.1.